The van der Waals surface area contributed by atoms with E-state index in [2.05, 4.69) is 4.98 Å². The first-order valence-electron chi connectivity index (χ1n) is 11.0. The maximum Gasteiger partial charge on any atom is 0.248 e. The van der Waals surface area contributed by atoms with Crippen molar-refractivity contribution in [1.82, 2.24) is 9.88 Å². The second kappa shape index (κ2) is 11.0. The highest BCUT2D eigenvalue weighted by Gasteiger charge is 2.21. The summed E-state index contributed by atoms with van der Waals surface area (Å²) in [5.74, 6) is 1.40. The molecule has 1 aromatic carbocycles. The molecule has 1 saturated carbocycles. The molecule has 0 atom stereocenters. The Kier molecular flexibility index (Phi) is 8.05. The third kappa shape index (κ3) is 6.71. The predicted molar refractivity (Wildman–Crippen MR) is 118 cm³/mol. The predicted octanol–water partition coefficient (Wildman–Crippen LogP) is 4.08. The van der Waals surface area contributed by atoms with Crippen LogP contribution in [0, 0.1) is 5.92 Å². The molecule has 3 rings (SSSR count). The van der Waals surface area contributed by atoms with E-state index in [9.17, 15) is 14.4 Å². The van der Waals surface area contributed by atoms with E-state index in [4.69, 9.17) is 4.74 Å². The van der Waals surface area contributed by atoms with Gasteiger partial charge in [-0.25, -0.2) is 0 Å². The van der Waals surface area contributed by atoms with Gasteiger partial charge in [-0.1, -0.05) is 19.3 Å². The Labute approximate surface area is 177 Å². The molecule has 0 unspecified atom stereocenters. The van der Waals surface area contributed by atoms with Gasteiger partial charge < -0.3 is 14.6 Å². The number of nitrogens with zero attached hydrogens (tertiary/aromatic N) is 1. The van der Waals surface area contributed by atoms with E-state index >= 15 is 0 Å². The molecule has 1 aliphatic carbocycles. The number of hydrogen-bond donors (Lipinski definition) is 1. The number of H-pyrrole nitrogens is 1. The average molecular weight is 413 g/mol. The number of benzene rings is 1. The maximum absolute atomic E-state index is 12.7. The minimum Gasteiger partial charge on any atom is -0.494 e. The maximum atomic E-state index is 12.7. The van der Waals surface area contributed by atoms with Gasteiger partial charge in [0.1, 0.15) is 11.5 Å². The number of ketones is 1. The standard InChI is InChI=1S/C24H32N2O4/c1-18(27)16-26(17-19-7-3-2-4-8-19)24(29)9-5-6-14-30-21-11-12-22-20(15-21)10-13-23(28)25-22/h10-13,15,19H,2-9,14,16-17H2,1H3,(H,25,28). The van der Waals surface area contributed by atoms with Gasteiger partial charge in [0.25, 0.3) is 0 Å². The summed E-state index contributed by atoms with van der Waals surface area (Å²) in [6.45, 7) is 3.02. The molecule has 2 aromatic rings. The molecular weight excluding hydrogens is 380 g/mol. The molecule has 1 N–H and O–H groups in total. The molecule has 0 aliphatic heterocycles. The summed E-state index contributed by atoms with van der Waals surface area (Å²) < 4.78 is 5.80. The molecule has 1 heterocycles. The Morgan fingerprint density at radius 3 is 2.67 bits per heavy atom. The lowest BCUT2D eigenvalue weighted by Crippen LogP contribution is -2.39. The third-order valence-electron chi connectivity index (χ3n) is 5.72. The molecule has 6 nitrogen and oxygen atoms in total. The van der Waals surface area contributed by atoms with Crippen molar-refractivity contribution in [3.8, 4) is 5.75 Å². The van der Waals surface area contributed by atoms with Gasteiger partial charge in [0.15, 0.2) is 0 Å². The molecule has 1 amide bonds. The lowest BCUT2D eigenvalue weighted by molar-refractivity contribution is -0.135. The van der Waals surface area contributed by atoms with Crippen molar-refractivity contribution in [3.05, 3.63) is 40.7 Å². The highest BCUT2D eigenvalue weighted by atomic mass is 16.5. The lowest BCUT2D eigenvalue weighted by atomic mass is 9.89. The topological polar surface area (TPSA) is 79.5 Å². The fraction of sp³-hybridized carbons (Fsp3) is 0.542. The number of Topliss-reactive ketones (excluding diaryl/α,β-unsaturated/α-hetero) is 1. The largest absolute Gasteiger partial charge is 0.494 e. The SMILES string of the molecule is CC(=O)CN(CC1CCCCC1)C(=O)CCCCOc1ccc2[nH]c(=O)ccc2c1. The summed E-state index contributed by atoms with van der Waals surface area (Å²) in [6, 6.07) is 8.84. The van der Waals surface area contributed by atoms with E-state index in [1.807, 2.05) is 18.2 Å². The Morgan fingerprint density at radius 2 is 1.90 bits per heavy atom. The number of unbranched alkanes of at least 4 members (excludes halogenated alkanes) is 1. The Hall–Kier alpha value is -2.63. The Morgan fingerprint density at radius 1 is 1.10 bits per heavy atom. The minimum absolute atomic E-state index is 0.0418. The smallest absolute Gasteiger partial charge is 0.248 e. The monoisotopic (exact) mass is 412 g/mol. The van der Waals surface area contributed by atoms with Gasteiger partial charge in [0.2, 0.25) is 11.5 Å². The first kappa shape index (κ1) is 22.1. The van der Waals surface area contributed by atoms with Crippen LogP contribution in [0.1, 0.15) is 58.3 Å². The van der Waals surface area contributed by atoms with E-state index in [0.717, 1.165) is 42.3 Å². The van der Waals surface area contributed by atoms with E-state index in [1.54, 1.807) is 17.9 Å². The number of carbonyl (C=O) groups is 2. The zero-order valence-electron chi connectivity index (χ0n) is 17.8. The first-order chi connectivity index (χ1) is 14.5. The van der Waals surface area contributed by atoms with Gasteiger partial charge in [-0.15, -0.1) is 0 Å². The van der Waals surface area contributed by atoms with Crippen molar-refractivity contribution in [2.45, 2.75) is 58.3 Å². The van der Waals surface area contributed by atoms with Crippen LogP contribution in [-0.4, -0.2) is 41.3 Å². The van der Waals surface area contributed by atoms with Gasteiger partial charge in [-0.3, -0.25) is 14.4 Å². The molecule has 1 aliphatic rings. The van der Waals surface area contributed by atoms with E-state index in [-0.39, 0.29) is 23.8 Å². The fourth-order valence-electron chi connectivity index (χ4n) is 4.15. The number of amides is 1. The molecule has 0 saturated heterocycles. The number of ether oxygens (including phenoxy) is 1. The average Bonchev–Trinajstić information content (AvgIpc) is 2.73. The highest BCUT2D eigenvalue weighted by molar-refractivity contribution is 5.84. The van der Waals surface area contributed by atoms with Crippen LogP contribution in [-0.2, 0) is 9.59 Å². The molecular formula is C24H32N2O4. The molecule has 1 fully saturated rings. The Balaban J connectivity index is 1.42. The Bertz CT molecular complexity index is 915. The van der Waals surface area contributed by atoms with E-state index in [0.29, 0.717) is 25.5 Å². The summed E-state index contributed by atoms with van der Waals surface area (Å²) in [4.78, 5) is 40.2. The number of carbonyl (C=O) groups excluding carboxylic acids is 2. The summed E-state index contributed by atoms with van der Waals surface area (Å²) in [6.07, 6.45) is 8.02. The van der Waals surface area contributed by atoms with Crippen LogP contribution >= 0.6 is 0 Å². The van der Waals surface area contributed by atoms with Crippen LogP contribution in [0.4, 0.5) is 0 Å². The van der Waals surface area contributed by atoms with Gasteiger partial charge in [0.05, 0.1) is 13.2 Å². The van der Waals surface area contributed by atoms with Crippen molar-refractivity contribution in [2.24, 2.45) is 5.92 Å². The molecule has 6 heteroatoms. The van der Waals surface area contributed by atoms with Gasteiger partial charge in [-0.05, 0) is 62.8 Å². The van der Waals surface area contributed by atoms with E-state index in [1.165, 1.54) is 25.3 Å². The first-order valence-corrected chi connectivity index (χ1v) is 11.0. The summed E-state index contributed by atoms with van der Waals surface area (Å²) in [5, 5.41) is 0.921. The van der Waals surface area contributed by atoms with Crippen molar-refractivity contribution in [1.29, 1.82) is 0 Å². The van der Waals surface area contributed by atoms with Gasteiger partial charge in [0, 0.05) is 29.9 Å². The van der Waals surface area contributed by atoms with Crippen molar-refractivity contribution in [2.75, 3.05) is 19.7 Å². The second-order valence-electron chi connectivity index (χ2n) is 8.36. The van der Waals surface area contributed by atoms with Gasteiger partial charge in [-0.2, -0.15) is 0 Å². The van der Waals surface area contributed by atoms with E-state index < -0.39 is 0 Å². The fourth-order valence-corrected chi connectivity index (χ4v) is 4.15. The molecule has 0 radical (unpaired) electrons. The van der Waals surface area contributed by atoms with Crippen LogP contribution in [0.5, 0.6) is 5.75 Å². The highest BCUT2D eigenvalue weighted by Crippen LogP contribution is 2.25. The van der Waals surface area contributed by atoms with Crippen LogP contribution < -0.4 is 10.3 Å². The number of fused-ring (bicyclic) bond motifs is 1. The van der Waals surface area contributed by atoms with Crippen molar-refractivity contribution < 1.29 is 14.3 Å². The third-order valence-corrected chi connectivity index (χ3v) is 5.72. The normalized spacial score (nSPS) is 14.6. The van der Waals surface area contributed by atoms with Crippen LogP contribution in [0.2, 0.25) is 0 Å². The molecule has 0 bridgehead atoms. The molecule has 1 aromatic heterocycles. The number of hydrogen-bond acceptors (Lipinski definition) is 4. The number of aromatic amines is 1. The number of rotatable bonds is 10. The quantitative estimate of drug-likeness (QED) is 0.597. The molecule has 0 spiro atoms. The van der Waals surface area contributed by atoms with Crippen LogP contribution in [0.3, 0.4) is 0 Å². The van der Waals surface area contributed by atoms with Crippen molar-refractivity contribution >= 4 is 22.6 Å². The van der Waals surface area contributed by atoms with Crippen molar-refractivity contribution in [3.63, 3.8) is 0 Å². The minimum atomic E-state index is -0.122. The summed E-state index contributed by atoms with van der Waals surface area (Å²) in [7, 11) is 0. The number of nitrogens with one attached hydrogen (secondary N) is 1. The van der Waals surface area contributed by atoms with Gasteiger partial charge >= 0.3 is 0 Å². The lowest BCUT2D eigenvalue weighted by Gasteiger charge is -2.29. The molecule has 30 heavy (non-hydrogen) atoms. The summed E-state index contributed by atoms with van der Waals surface area (Å²) in [5.41, 5.74) is 0.659. The van der Waals surface area contributed by atoms with Crippen LogP contribution in [0.15, 0.2) is 35.1 Å². The summed E-state index contributed by atoms with van der Waals surface area (Å²) >= 11 is 0. The molecule has 162 valence electrons. The second-order valence-corrected chi connectivity index (χ2v) is 8.36. The number of pyridine rings is 1. The van der Waals surface area contributed by atoms with Crippen LogP contribution in [0.25, 0.3) is 10.9 Å². The zero-order chi connectivity index (χ0) is 21.3. The zero-order valence-corrected chi connectivity index (χ0v) is 17.8. The number of aromatic nitrogens is 1.